The molecule has 0 saturated heterocycles. The zero-order valence-corrected chi connectivity index (χ0v) is 18.4. The number of pyridine rings is 1. The van der Waals surface area contributed by atoms with Gasteiger partial charge in [0, 0.05) is 22.2 Å². The van der Waals surface area contributed by atoms with Gasteiger partial charge in [0.05, 0.1) is 12.7 Å². The molecule has 0 spiro atoms. The molecule has 0 aliphatic heterocycles. The summed E-state index contributed by atoms with van der Waals surface area (Å²) in [5.74, 6) is 0.242. The van der Waals surface area contributed by atoms with Gasteiger partial charge in [-0.1, -0.05) is 35.5 Å². The number of aryl methyl sites for hydroxylation is 3. The number of esters is 1. The smallest absolute Gasteiger partial charge is 0.338 e. The summed E-state index contributed by atoms with van der Waals surface area (Å²) in [4.78, 5) is 18.8. The van der Waals surface area contributed by atoms with Crippen LogP contribution in [-0.4, -0.2) is 18.1 Å². The van der Waals surface area contributed by atoms with E-state index < -0.39 is 0 Å². The minimum Gasteiger partial charge on any atom is -0.465 e. The molecular formula is C26H27NO2S. The van der Waals surface area contributed by atoms with Crippen LogP contribution in [-0.2, 0) is 17.6 Å². The molecule has 154 valence electrons. The Balaban J connectivity index is 1.49. The summed E-state index contributed by atoms with van der Waals surface area (Å²) >= 11 is 1.83. The summed E-state index contributed by atoms with van der Waals surface area (Å²) in [5.41, 5.74) is 5.85. The molecule has 3 aromatic rings. The van der Waals surface area contributed by atoms with E-state index in [1.807, 2.05) is 11.8 Å². The normalized spacial score (nSPS) is 15.5. The third-order valence-electron chi connectivity index (χ3n) is 5.85. The molecule has 0 fully saturated rings. The van der Waals surface area contributed by atoms with Crippen LogP contribution in [0.15, 0.2) is 70.7 Å². The maximum Gasteiger partial charge on any atom is 0.338 e. The minimum atomic E-state index is -0.283. The number of ether oxygens (including phenoxy) is 1. The van der Waals surface area contributed by atoms with Crippen molar-refractivity contribution >= 4 is 17.7 Å². The highest BCUT2D eigenvalue weighted by Gasteiger charge is 2.21. The van der Waals surface area contributed by atoms with Gasteiger partial charge < -0.3 is 4.74 Å². The zero-order valence-electron chi connectivity index (χ0n) is 17.6. The summed E-state index contributed by atoms with van der Waals surface area (Å²) in [5, 5.41) is 0. The van der Waals surface area contributed by atoms with Crippen LogP contribution in [0.25, 0.3) is 0 Å². The first-order valence-electron chi connectivity index (χ1n) is 10.5. The fraction of sp³-hybridized carbons (Fsp3) is 0.308. The average molecular weight is 418 g/mol. The van der Waals surface area contributed by atoms with E-state index in [2.05, 4.69) is 54.4 Å². The lowest BCUT2D eigenvalue weighted by Crippen LogP contribution is -2.12. The highest BCUT2D eigenvalue weighted by Crippen LogP contribution is 2.38. The molecule has 0 radical (unpaired) electrons. The standard InChI is InChI=1S/C26H27NO2S/c1-18-5-3-8-22(15-18)30-23-11-12-24-19(6-4-7-20(24)16-23)9-10-21-17-27-14-13-25(21)26(28)29-2/h3,5,8,11-17,19H,4,6-7,9-10H2,1-2H3/t19-/m0/s1. The second-order valence-electron chi connectivity index (χ2n) is 7.93. The number of nitrogens with zero attached hydrogens (tertiary/aromatic N) is 1. The molecule has 1 heterocycles. The number of rotatable bonds is 6. The highest BCUT2D eigenvalue weighted by molar-refractivity contribution is 7.99. The summed E-state index contributed by atoms with van der Waals surface area (Å²) in [6, 6.07) is 17.4. The fourth-order valence-corrected chi connectivity index (χ4v) is 5.34. The van der Waals surface area contributed by atoms with E-state index in [1.165, 1.54) is 46.4 Å². The molecule has 4 rings (SSSR count). The van der Waals surface area contributed by atoms with Crippen molar-refractivity contribution < 1.29 is 9.53 Å². The predicted molar refractivity (Wildman–Crippen MR) is 121 cm³/mol. The Bertz CT molecular complexity index is 1050. The molecule has 0 bridgehead atoms. The van der Waals surface area contributed by atoms with Gasteiger partial charge in [0.1, 0.15) is 0 Å². The molecule has 0 N–H and O–H groups in total. The van der Waals surface area contributed by atoms with Crippen molar-refractivity contribution in [3.63, 3.8) is 0 Å². The van der Waals surface area contributed by atoms with Crippen molar-refractivity contribution in [2.75, 3.05) is 7.11 Å². The number of fused-ring (bicyclic) bond motifs is 1. The molecule has 2 aromatic carbocycles. The summed E-state index contributed by atoms with van der Waals surface area (Å²) < 4.78 is 4.93. The quantitative estimate of drug-likeness (QED) is 0.436. The lowest BCUT2D eigenvalue weighted by molar-refractivity contribution is 0.0599. The van der Waals surface area contributed by atoms with Gasteiger partial charge in [0.15, 0.2) is 0 Å². The SMILES string of the molecule is COC(=O)c1ccncc1CC[C@@H]1CCCc2cc(Sc3cccc(C)c3)ccc21. The number of hydrogen-bond acceptors (Lipinski definition) is 4. The molecule has 0 amide bonds. The molecule has 1 aromatic heterocycles. The summed E-state index contributed by atoms with van der Waals surface area (Å²) in [7, 11) is 1.43. The lowest BCUT2D eigenvalue weighted by atomic mass is 9.80. The fourth-order valence-electron chi connectivity index (χ4n) is 4.33. The number of aromatic nitrogens is 1. The van der Waals surface area contributed by atoms with Gasteiger partial charge in [-0.15, -0.1) is 0 Å². The van der Waals surface area contributed by atoms with Crippen LogP contribution in [0.3, 0.4) is 0 Å². The Morgan fingerprint density at radius 1 is 1.17 bits per heavy atom. The van der Waals surface area contributed by atoms with Gasteiger partial charge >= 0.3 is 5.97 Å². The van der Waals surface area contributed by atoms with Crippen molar-refractivity contribution in [1.82, 2.24) is 4.98 Å². The molecule has 30 heavy (non-hydrogen) atoms. The van der Waals surface area contributed by atoms with Crippen LogP contribution in [0.2, 0.25) is 0 Å². The van der Waals surface area contributed by atoms with Crippen molar-refractivity contribution in [2.45, 2.75) is 54.7 Å². The third kappa shape index (κ3) is 4.76. The maximum absolute atomic E-state index is 12.0. The van der Waals surface area contributed by atoms with E-state index in [0.717, 1.165) is 24.8 Å². The molecule has 4 heteroatoms. The largest absolute Gasteiger partial charge is 0.465 e. The minimum absolute atomic E-state index is 0.283. The zero-order chi connectivity index (χ0) is 20.9. The van der Waals surface area contributed by atoms with E-state index in [0.29, 0.717) is 11.5 Å². The number of hydrogen-bond donors (Lipinski definition) is 0. The van der Waals surface area contributed by atoms with Crippen LogP contribution < -0.4 is 0 Å². The molecule has 0 saturated carbocycles. The molecule has 3 nitrogen and oxygen atoms in total. The van der Waals surface area contributed by atoms with E-state index in [4.69, 9.17) is 4.74 Å². The average Bonchev–Trinajstić information content (AvgIpc) is 2.77. The van der Waals surface area contributed by atoms with Gasteiger partial charge in [-0.3, -0.25) is 4.98 Å². The van der Waals surface area contributed by atoms with E-state index in [9.17, 15) is 4.79 Å². The van der Waals surface area contributed by atoms with Gasteiger partial charge in [-0.2, -0.15) is 0 Å². The molecule has 1 aliphatic rings. The van der Waals surface area contributed by atoms with Gasteiger partial charge in [0.25, 0.3) is 0 Å². The summed E-state index contributed by atoms with van der Waals surface area (Å²) in [6.07, 6.45) is 8.87. The van der Waals surface area contributed by atoms with Gasteiger partial charge in [-0.05, 0) is 92.0 Å². The second kappa shape index (κ2) is 9.48. The van der Waals surface area contributed by atoms with Gasteiger partial charge in [0.2, 0.25) is 0 Å². The molecule has 1 atom stereocenters. The Hall–Kier alpha value is -2.59. The third-order valence-corrected chi connectivity index (χ3v) is 6.83. The van der Waals surface area contributed by atoms with Crippen molar-refractivity contribution in [3.8, 4) is 0 Å². The molecule has 0 unspecified atom stereocenters. The first-order valence-corrected chi connectivity index (χ1v) is 11.3. The molecule has 1 aliphatic carbocycles. The Morgan fingerprint density at radius 3 is 2.87 bits per heavy atom. The monoisotopic (exact) mass is 417 g/mol. The van der Waals surface area contributed by atoms with Crippen molar-refractivity contribution in [3.05, 3.63) is 88.7 Å². The molecular weight excluding hydrogens is 390 g/mol. The number of carbonyl (C=O) groups excluding carboxylic acids is 1. The maximum atomic E-state index is 12.0. The van der Waals surface area contributed by atoms with E-state index in [1.54, 1.807) is 18.5 Å². The number of benzene rings is 2. The van der Waals surface area contributed by atoms with Crippen LogP contribution in [0.1, 0.15) is 57.8 Å². The predicted octanol–water partition coefficient (Wildman–Crippen LogP) is 6.38. The van der Waals surface area contributed by atoms with E-state index in [-0.39, 0.29) is 5.97 Å². The van der Waals surface area contributed by atoms with E-state index >= 15 is 0 Å². The Labute approximate surface area is 182 Å². The first-order chi connectivity index (χ1) is 14.6. The van der Waals surface area contributed by atoms with Crippen LogP contribution in [0, 0.1) is 6.92 Å². The van der Waals surface area contributed by atoms with Crippen LogP contribution in [0.4, 0.5) is 0 Å². The number of carbonyl (C=O) groups is 1. The highest BCUT2D eigenvalue weighted by atomic mass is 32.2. The van der Waals surface area contributed by atoms with Crippen molar-refractivity contribution in [1.29, 1.82) is 0 Å². The Kier molecular flexibility index (Phi) is 6.53. The topological polar surface area (TPSA) is 39.2 Å². The second-order valence-corrected chi connectivity index (χ2v) is 9.08. The van der Waals surface area contributed by atoms with Crippen LogP contribution in [0.5, 0.6) is 0 Å². The lowest BCUT2D eigenvalue weighted by Gasteiger charge is -2.26. The number of methoxy groups -OCH3 is 1. The first kappa shape index (κ1) is 20.7. The van der Waals surface area contributed by atoms with Gasteiger partial charge in [-0.25, -0.2) is 4.79 Å². The summed E-state index contributed by atoms with van der Waals surface area (Å²) in [6.45, 7) is 2.13. The Morgan fingerprint density at radius 2 is 2.03 bits per heavy atom. The van der Waals surface area contributed by atoms with Crippen LogP contribution >= 0.6 is 11.8 Å². The van der Waals surface area contributed by atoms with Crippen molar-refractivity contribution in [2.24, 2.45) is 0 Å².